The van der Waals surface area contributed by atoms with Crippen molar-refractivity contribution in [2.75, 3.05) is 6.54 Å². The summed E-state index contributed by atoms with van der Waals surface area (Å²) in [6, 6.07) is 14.0. The van der Waals surface area contributed by atoms with E-state index >= 15 is 0 Å². The van der Waals surface area contributed by atoms with Crippen molar-refractivity contribution in [3.8, 4) is 0 Å². The highest BCUT2D eigenvalue weighted by Gasteiger charge is 2.15. The summed E-state index contributed by atoms with van der Waals surface area (Å²) < 4.78 is 0. The molecule has 0 aliphatic carbocycles. The van der Waals surface area contributed by atoms with Gasteiger partial charge in [-0.25, -0.2) is 0 Å². The minimum Gasteiger partial charge on any atom is -0.481 e. The van der Waals surface area contributed by atoms with Crippen LogP contribution in [0, 0.1) is 0 Å². The first-order valence-corrected chi connectivity index (χ1v) is 7.16. The number of hydrogen-bond acceptors (Lipinski definition) is 3. The second kappa shape index (κ2) is 7.07. The van der Waals surface area contributed by atoms with Gasteiger partial charge in [0.15, 0.2) is 0 Å². The lowest BCUT2D eigenvalue weighted by atomic mass is 10.1. The lowest BCUT2D eigenvalue weighted by Crippen LogP contribution is -2.25. The minimum absolute atomic E-state index is 0.0961. The molecule has 19 heavy (non-hydrogen) atoms. The van der Waals surface area contributed by atoms with Crippen molar-refractivity contribution in [2.45, 2.75) is 18.9 Å². The van der Waals surface area contributed by atoms with Gasteiger partial charge in [-0.3, -0.25) is 4.79 Å². The first kappa shape index (κ1) is 13.8. The van der Waals surface area contributed by atoms with Crippen molar-refractivity contribution in [3.05, 3.63) is 58.3 Å². The Bertz CT molecular complexity index is 496. The van der Waals surface area contributed by atoms with Gasteiger partial charge in [-0.2, -0.15) is 0 Å². The summed E-state index contributed by atoms with van der Waals surface area (Å²) in [5.41, 5.74) is 1.26. The van der Waals surface area contributed by atoms with Crippen LogP contribution in [-0.2, 0) is 11.2 Å². The molecule has 2 N–H and O–H groups in total. The Kier molecular flexibility index (Phi) is 5.12. The predicted octanol–water partition coefficient (Wildman–Crippen LogP) is 3.10. The summed E-state index contributed by atoms with van der Waals surface area (Å²) in [4.78, 5) is 12.0. The van der Waals surface area contributed by atoms with E-state index in [4.69, 9.17) is 5.11 Å². The zero-order valence-corrected chi connectivity index (χ0v) is 11.4. The van der Waals surface area contributed by atoms with Crippen LogP contribution in [-0.4, -0.2) is 17.6 Å². The first-order chi connectivity index (χ1) is 9.25. The van der Waals surface area contributed by atoms with Gasteiger partial charge in [-0.15, -0.1) is 11.3 Å². The van der Waals surface area contributed by atoms with Crippen molar-refractivity contribution < 1.29 is 9.90 Å². The topological polar surface area (TPSA) is 49.3 Å². The number of hydrogen-bond donors (Lipinski definition) is 2. The maximum atomic E-state index is 10.9. The minimum atomic E-state index is -0.773. The van der Waals surface area contributed by atoms with Crippen LogP contribution in [0.25, 0.3) is 0 Å². The normalized spacial score (nSPS) is 12.2. The maximum Gasteiger partial charge on any atom is 0.305 e. The fourth-order valence-electron chi connectivity index (χ4n) is 1.97. The fourth-order valence-corrected chi connectivity index (χ4v) is 2.78. The van der Waals surface area contributed by atoms with Crippen LogP contribution in [0.5, 0.6) is 0 Å². The van der Waals surface area contributed by atoms with Gasteiger partial charge < -0.3 is 10.4 Å². The molecule has 0 spiro atoms. The van der Waals surface area contributed by atoms with E-state index in [0.29, 0.717) is 0 Å². The lowest BCUT2D eigenvalue weighted by Gasteiger charge is -2.15. The van der Waals surface area contributed by atoms with E-state index in [9.17, 15) is 4.79 Å². The van der Waals surface area contributed by atoms with E-state index in [1.54, 1.807) is 11.3 Å². The molecule has 0 saturated heterocycles. The largest absolute Gasteiger partial charge is 0.481 e. The van der Waals surface area contributed by atoms with Crippen LogP contribution in [0.4, 0.5) is 0 Å². The quantitative estimate of drug-likeness (QED) is 0.816. The average Bonchev–Trinajstić information content (AvgIpc) is 2.92. The third kappa shape index (κ3) is 4.50. The van der Waals surface area contributed by atoms with Gasteiger partial charge in [0.2, 0.25) is 0 Å². The number of carbonyl (C=O) groups is 1. The molecule has 0 aliphatic heterocycles. The lowest BCUT2D eigenvalue weighted by molar-refractivity contribution is -0.137. The highest BCUT2D eigenvalue weighted by Crippen LogP contribution is 2.21. The van der Waals surface area contributed by atoms with E-state index in [1.165, 1.54) is 5.56 Å². The van der Waals surface area contributed by atoms with Crippen molar-refractivity contribution in [1.82, 2.24) is 5.32 Å². The monoisotopic (exact) mass is 275 g/mol. The summed E-state index contributed by atoms with van der Waals surface area (Å²) in [6.45, 7) is 0.778. The van der Waals surface area contributed by atoms with Gasteiger partial charge >= 0.3 is 5.97 Å². The molecule has 100 valence electrons. The van der Waals surface area contributed by atoms with Gasteiger partial charge in [-0.1, -0.05) is 36.4 Å². The third-order valence-corrected chi connectivity index (χ3v) is 3.90. The molecule has 0 bridgehead atoms. The maximum absolute atomic E-state index is 10.9. The molecule has 4 heteroatoms. The van der Waals surface area contributed by atoms with Crippen LogP contribution in [0.3, 0.4) is 0 Å². The number of rotatable bonds is 7. The molecule has 0 radical (unpaired) electrons. The van der Waals surface area contributed by atoms with E-state index < -0.39 is 5.97 Å². The molecule has 1 aromatic carbocycles. The smallest absolute Gasteiger partial charge is 0.305 e. The Morgan fingerprint density at radius 1 is 1.21 bits per heavy atom. The Morgan fingerprint density at radius 2 is 2.00 bits per heavy atom. The number of carboxylic acid groups (broad SMARTS) is 1. The van der Waals surface area contributed by atoms with Gasteiger partial charge in [0.05, 0.1) is 12.5 Å². The zero-order chi connectivity index (χ0) is 13.5. The zero-order valence-electron chi connectivity index (χ0n) is 10.6. The van der Waals surface area contributed by atoms with Crippen LogP contribution >= 0.6 is 11.3 Å². The van der Waals surface area contributed by atoms with Crippen LogP contribution in [0.15, 0.2) is 47.8 Å². The van der Waals surface area contributed by atoms with Gasteiger partial charge in [-0.05, 0) is 30.0 Å². The summed E-state index contributed by atoms with van der Waals surface area (Å²) in [5.74, 6) is -0.773. The second-order valence-electron chi connectivity index (χ2n) is 4.36. The van der Waals surface area contributed by atoms with Crippen molar-refractivity contribution in [2.24, 2.45) is 0 Å². The van der Waals surface area contributed by atoms with Gasteiger partial charge in [0.25, 0.3) is 0 Å². The molecule has 0 amide bonds. The van der Waals surface area contributed by atoms with Gasteiger partial charge in [0, 0.05) is 4.88 Å². The number of aliphatic carboxylic acids is 1. The molecule has 0 fully saturated rings. The van der Waals surface area contributed by atoms with Gasteiger partial charge in [0.1, 0.15) is 0 Å². The molecule has 2 rings (SSSR count). The molecular weight excluding hydrogens is 258 g/mol. The van der Waals surface area contributed by atoms with E-state index in [-0.39, 0.29) is 12.5 Å². The summed E-state index contributed by atoms with van der Waals surface area (Å²) in [5, 5.41) is 14.3. The Balaban J connectivity index is 1.88. The van der Waals surface area contributed by atoms with Crippen molar-refractivity contribution in [3.63, 3.8) is 0 Å². The van der Waals surface area contributed by atoms with E-state index in [0.717, 1.165) is 17.8 Å². The Hall–Kier alpha value is -1.65. The molecule has 0 saturated carbocycles. The summed E-state index contributed by atoms with van der Waals surface area (Å²) in [7, 11) is 0. The second-order valence-corrected chi connectivity index (χ2v) is 5.33. The van der Waals surface area contributed by atoms with Crippen LogP contribution in [0.1, 0.15) is 22.9 Å². The predicted molar refractivity (Wildman–Crippen MR) is 77.5 cm³/mol. The molecule has 0 aliphatic rings. The molecule has 1 unspecified atom stereocenters. The van der Waals surface area contributed by atoms with Crippen molar-refractivity contribution in [1.29, 1.82) is 0 Å². The molecule has 1 heterocycles. The van der Waals surface area contributed by atoms with Crippen LogP contribution in [0.2, 0.25) is 0 Å². The third-order valence-electron chi connectivity index (χ3n) is 2.91. The van der Waals surface area contributed by atoms with E-state index in [2.05, 4.69) is 17.4 Å². The molecule has 1 aromatic heterocycles. The molecule has 1 atom stereocenters. The number of nitrogens with one attached hydrogen (secondary N) is 1. The summed E-state index contributed by atoms with van der Waals surface area (Å²) >= 11 is 1.59. The summed E-state index contributed by atoms with van der Waals surface area (Å²) in [6.07, 6.45) is 1.03. The average molecular weight is 275 g/mol. The molecule has 3 nitrogen and oxygen atoms in total. The molecular formula is C15H17NO2S. The number of benzene rings is 1. The fraction of sp³-hybridized carbons (Fsp3) is 0.267. The number of thiophene rings is 1. The first-order valence-electron chi connectivity index (χ1n) is 6.28. The Morgan fingerprint density at radius 3 is 2.63 bits per heavy atom. The molecule has 2 aromatic rings. The highest BCUT2D eigenvalue weighted by molar-refractivity contribution is 7.10. The van der Waals surface area contributed by atoms with Crippen molar-refractivity contribution >= 4 is 17.3 Å². The highest BCUT2D eigenvalue weighted by atomic mass is 32.1. The standard InChI is InChI=1S/C15H17NO2S/c17-15(18)11-13(14-7-4-10-19-14)16-9-8-12-5-2-1-3-6-12/h1-7,10,13,16H,8-9,11H2,(H,17,18). The number of carboxylic acids is 1. The SMILES string of the molecule is O=C(O)CC(NCCc1ccccc1)c1cccs1. The van der Waals surface area contributed by atoms with E-state index in [1.807, 2.05) is 35.7 Å². The Labute approximate surface area is 116 Å². The van der Waals surface area contributed by atoms with Crippen LogP contribution < -0.4 is 5.32 Å².